The maximum atomic E-state index is 12.1. The molecular formula is C53H58Cl2F3MnN4O6S+. The number of aryl methyl sites for hydroxylation is 4. The van der Waals surface area contributed by atoms with Crippen molar-refractivity contribution in [2.45, 2.75) is 85.6 Å². The van der Waals surface area contributed by atoms with Crippen molar-refractivity contribution in [3.63, 3.8) is 0 Å². The third kappa shape index (κ3) is 19.7. The quantitative estimate of drug-likeness (QED) is 0.0532. The number of carboxylic acid groups (broad SMARTS) is 1. The number of nitrogens with zero attached hydrogens (tertiary/aromatic N) is 4. The Kier molecular flexibility index (Phi) is 24.8. The van der Waals surface area contributed by atoms with Crippen LogP contribution < -0.4 is 5.11 Å². The summed E-state index contributed by atoms with van der Waals surface area (Å²) in [7, 11) is -6.09. The summed E-state index contributed by atoms with van der Waals surface area (Å²) in [5.74, 6) is -1.16. The number of benzene rings is 3. The normalized spacial score (nSPS) is 10.9. The Morgan fingerprint density at radius 3 is 0.971 bits per heavy atom. The van der Waals surface area contributed by atoms with Crippen molar-refractivity contribution in [3.05, 3.63) is 179 Å². The molecule has 7 rings (SSSR count). The molecule has 17 heteroatoms. The predicted octanol–water partition coefficient (Wildman–Crippen LogP) is 12.0. The number of carbonyl (C=O) groups excluding carboxylic acids is 1. The van der Waals surface area contributed by atoms with Gasteiger partial charge in [-0.2, -0.15) is 13.2 Å². The van der Waals surface area contributed by atoms with Gasteiger partial charge in [-0.15, -0.1) is 23.2 Å². The van der Waals surface area contributed by atoms with Gasteiger partial charge in [-0.3, -0.25) is 19.9 Å². The van der Waals surface area contributed by atoms with Gasteiger partial charge in [-0.1, -0.05) is 108 Å². The molecule has 3 N–H and O–H groups in total. The van der Waals surface area contributed by atoms with Gasteiger partial charge in [0.1, 0.15) is 0 Å². The molecule has 0 atom stereocenters. The first-order chi connectivity index (χ1) is 31.7. The molecule has 10 nitrogen and oxygen atoms in total. The number of hydrogen-bond donors (Lipinski definition) is 0. The van der Waals surface area contributed by atoms with Gasteiger partial charge < -0.3 is 19.9 Å². The van der Waals surface area contributed by atoms with E-state index in [9.17, 15) is 23.1 Å². The molecule has 0 bridgehead atoms. The number of alkyl halides is 5. The Balaban J connectivity index is 0.000000502. The predicted molar refractivity (Wildman–Crippen MR) is 270 cm³/mol. The monoisotopic (exact) mass is 1060 g/mol. The number of aromatic carboxylic acids is 1. The first-order valence-electron chi connectivity index (χ1n) is 21.1. The average molecular weight is 1060 g/mol. The number of carboxylic acids is 1. The Morgan fingerprint density at radius 2 is 0.786 bits per heavy atom. The van der Waals surface area contributed by atoms with Crippen molar-refractivity contribution in [1.82, 2.24) is 19.9 Å². The number of rotatable bonds is 5. The topological polar surface area (TPSA) is 182 Å². The molecule has 0 amide bonds. The largest absolute Gasteiger partial charge is 2.00 e. The van der Waals surface area contributed by atoms with E-state index in [0.717, 1.165) is 33.9 Å². The van der Waals surface area contributed by atoms with Crippen molar-refractivity contribution in [2.24, 2.45) is 0 Å². The zero-order valence-corrected chi connectivity index (χ0v) is 44.1. The van der Waals surface area contributed by atoms with E-state index >= 15 is 0 Å². The van der Waals surface area contributed by atoms with Crippen molar-refractivity contribution in [3.8, 4) is 45.0 Å². The minimum Gasteiger partial charge on any atom is -0.741 e. The second kappa shape index (κ2) is 27.8. The van der Waals surface area contributed by atoms with Gasteiger partial charge in [0, 0.05) is 30.4 Å². The van der Waals surface area contributed by atoms with E-state index in [1.165, 1.54) is 33.4 Å². The Bertz CT molecular complexity index is 2610. The number of carbonyl (C=O) groups is 1. The molecule has 0 saturated carbocycles. The van der Waals surface area contributed by atoms with E-state index in [4.69, 9.17) is 36.2 Å². The van der Waals surface area contributed by atoms with Gasteiger partial charge in [0.25, 0.3) is 0 Å². The first kappa shape index (κ1) is 62.5. The summed E-state index contributed by atoms with van der Waals surface area (Å²) < 4.78 is 58.9. The van der Waals surface area contributed by atoms with Crippen LogP contribution in [-0.4, -0.2) is 49.7 Å². The summed E-state index contributed by atoms with van der Waals surface area (Å²) in [4.78, 5) is 29.3. The summed E-state index contributed by atoms with van der Waals surface area (Å²) in [5, 5.41) is 12.3. The van der Waals surface area contributed by atoms with Crippen LogP contribution in [0, 0.1) is 27.7 Å². The van der Waals surface area contributed by atoms with Crippen molar-refractivity contribution in [1.29, 1.82) is 0 Å². The summed E-state index contributed by atoms with van der Waals surface area (Å²) in [6.45, 7) is 21.2. The molecule has 4 aromatic heterocycles. The average Bonchev–Trinajstić information content (AvgIpc) is 3.26. The van der Waals surface area contributed by atoms with Gasteiger partial charge in [0.05, 0.1) is 34.1 Å². The van der Waals surface area contributed by atoms with E-state index in [1.54, 1.807) is 0 Å². The van der Waals surface area contributed by atoms with E-state index in [1.807, 2.05) is 116 Å². The summed E-state index contributed by atoms with van der Waals surface area (Å²) in [6, 6.07) is 38.0. The molecule has 0 aliphatic carbocycles. The number of halogens is 5. The smallest absolute Gasteiger partial charge is 0.741 e. The number of pyridine rings is 4. The Hall–Kier alpha value is -5.51. The molecule has 373 valence electrons. The third-order valence-corrected chi connectivity index (χ3v) is 10.4. The second-order valence-corrected chi connectivity index (χ2v) is 19.7. The van der Waals surface area contributed by atoms with Crippen LogP contribution in [0.1, 0.15) is 85.3 Å². The molecule has 0 spiro atoms. The van der Waals surface area contributed by atoms with Crippen molar-refractivity contribution in [2.75, 3.05) is 5.34 Å². The van der Waals surface area contributed by atoms with E-state index < -0.39 is 21.6 Å². The van der Waals surface area contributed by atoms with Crippen LogP contribution in [-0.2, 0) is 43.5 Å². The van der Waals surface area contributed by atoms with E-state index in [-0.39, 0.29) is 44.3 Å². The SMILES string of the molecule is CC(C)(C)c1ccc(-c2cccc(-c3ccc(C(C)(C)C)cc3)c2C(=O)[O-])cc1.Cc1ccnc(-c2cc(C)ccn2)c1.Cc1ccnc(-c2cc(C)ccn2)c1.ClCCl.O=S(=O)([O-])C(F)(F)F.[Mn+2].[OH3+]. The second-order valence-electron chi connectivity index (χ2n) is 17.5. The molecule has 3 aromatic carbocycles. The van der Waals surface area contributed by atoms with E-state index in [2.05, 4.69) is 113 Å². The summed E-state index contributed by atoms with van der Waals surface area (Å²) in [5.41, 5.74) is 8.82. The molecule has 0 fully saturated rings. The van der Waals surface area contributed by atoms with Crippen LogP contribution in [0.2, 0.25) is 0 Å². The zero-order chi connectivity index (χ0) is 51.0. The van der Waals surface area contributed by atoms with Gasteiger partial charge in [-0.05, 0) is 143 Å². The van der Waals surface area contributed by atoms with Crippen LogP contribution in [0.4, 0.5) is 13.2 Å². The third-order valence-electron chi connectivity index (χ3n) is 9.86. The van der Waals surface area contributed by atoms with Crippen molar-refractivity contribution >= 4 is 39.3 Å². The molecule has 0 unspecified atom stereocenters. The maximum Gasteiger partial charge on any atom is 2.00 e. The van der Waals surface area contributed by atoms with Crippen LogP contribution >= 0.6 is 23.2 Å². The van der Waals surface area contributed by atoms with Gasteiger partial charge in [0.2, 0.25) is 0 Å². The minimum absolute atomic E-state index is 0. The summed E-state index contributed by atoms with van der Waals surface area (Å²) >= 11 is 9.53. The first-order valence-corrected chi connectivity index (χ1v) is 23.6. The number of hydrogen-bond acceptors (Lipinski definition) is 9. The molecule has 70 heavy (non-hydrogen) atoms. The number of aromatic nitrogens is 4. The molecule has 0 aliphatic heterocycles. The molecule has 0 aliphatic rings. The van der Waals surface area contributed by atoms with Crippen LogP contribution in [0.25, 0.3) is 45.0 Å². The van der Waals surface area contributed by atoms with Gasteiger partial charge in [-0.25, -0.2) is 8.42 Å². The van der Waals surface area contributed by atoms with Gasteiger partial charge in [0.15, 0.2) is 10.1 Å². The van der Waals surface area contributed by atoms with Crippen LogP contribution in [0.15, 0.2) is 140 Å². The molecular weight excluding hydrogens is 1000 g/mol. The Morgan fingerprint density at radius 1 is 0.543 bits per heavy atom. The van der Waals surface area contributed by atoms with Crippen LogP contribution in [0.5, 0.6) is 0 Å². The molecule has 1 radical (unpaired) electrons. The van der Waals surface area contributed by atoms with E-state index in [0.29, 0.717) is 11.1 Å². The summed E-state index contributed by atoms with van der Waals surface area (Å²) in [6.07, 6.45) is 7.26. The maximum absolute atomic E-state index is 12.1. The minimum atomic E-state index is -6.09. The molecule has 0 saturated heterocycles. The van der Waals surface area contributed by atoms with Crippen LogP contribution in [0.3, 0.4) is 0 Å². The zero-order valence-electron chi connectivity index (χ0n) is 40.6. The fourth-order valence-corrected chi connectivity index (χ4v) is 6.26. The standard InChI is InChI=1S/C27H30O2.2C12H12N2.CH2Cl2.CHF3O3S.Mn.H2O/c1-26(2,3)20-14-10-18(11-15-20)22-8-7-9-23(24(22)25(28)29)19-12-16-21(17-13-19)27(4,5)6;2*1-9-3-5-13-11(7-9)12-8-10(2)4-6-14-12;2-1-3;2-1(3,4)8(5,6)7;;/h7-17H,1-6H3,(H,28,29);2*3-8H,1-2H3;1H2;(H,5,6,7);;1H2/q;;;;;+2;/p-1. The van der Waals surface area contributed by atoms with Crippen molar-refractivity contribution < 1.29 is 58.6 Å². The van der Waals surface area contributed by atoms with Gasteiger partial charge >= 0.3 is 22.6 Å². The molecule has 4 heterocycles. The Labute approximate surface area is 430 Å². The fourth-order valence-electron chi connectivity index (χ4n) is 6.26. The molecule has 7 aromatic rings. The fraction of sp³-hybridized carbons (Fsp3) is 0.264.